The average Bonchev–Trinajstić information content (AvgIpc) is 2.37. The van der Waals surface area contributed by atoms with Gasteiger partial charge in [0.2, 0.25) is 10.0 Å². The van der Waals surface area contributed by atoms with E-state index in [4.69, 9.17) is 34.8 Å². The van der Waals surface area contributed by atoms with Gasteiger partial charge in [-0.05, 0) is 30.9 Å². The van der Waals surface area contributed by atoms with Gasteiger partial charge < -0.3 is 0 Å². The van der Waals surface area contributed by atoms with E-state index < -0.39 is 10.0 Å². The summed E-state index contributed by atoms with van der Waals surface area (Å²) in [6.07, 6.45) is 3.78. The highest BCUT2D eigenvalue weighted by Crippen LogP contribution is 2.34. The van der Waals surface area contributed by atoms with Gasteiger partial charge in [0.05, 0.1) is 10.0 Å². The van der Waals surface area contributed by atoms with Crippen LogP contribution in [0.5, 0.6) is 0 Å². The van der Waals surface area contributed by atoms with Crippen molar-refractivity contribution in [3.63, 3.8) is 0 Å². The van der Waals surface area contributed by atoms with E-state index in [2.05, 4.69) is 20.7 Å². The maximum absolute atomic E-state index is 12.6. The van der Waals surface area contributed by atoms with E-state index in [-0.39, 0.29) is 26.9 Å². The molecule has 0 heterocycles. The highest BCUT2D eigenvalue weighted by molar-refractivity contribution is 9.10. The number of benzene rings is 1. The van der Waals surface area contributed by atoms with Crippen molar-refractivity contribution in [3.8, 4) is 0 Å². The van der Waals surface area contributed by atoms with Crippen LogP contribution >= 0.6 is 50.7 Å². The van der Waals surface area contributed by atoms with Gasteiger partial charge in [0.15, 0.2) is 0 Å². The van der Waals surface area contributed by atoms with E-state index in [1.807, 2.05) is 0 Å². The van der Waals surface area contributed by atoms with Crippen LogP contribution in [0.25, 0.3) is 0 Å². The molecule has 1 N–H and O–H groups in total. The summed E-state index contributed by atoms with van der Waals surface area (Å²) in [4.78, 5) is -0.0760. The number of alkyl halides is 1. The quantitative estimate of drug-likeness (QED) is 0.689. The maximum Gasteiger partial charge on any atom is 0.243 e. The van der Waals surface area contributed by atoms with Crippen LogP contribution in [0.3, 0.4) is 0 Å². The Kier molecular flexibility index (Phi) is 6.25. The number of nitrogens with one attached hydrogen (secondary N) is 1. The van der Waals surface area contributed by atoms with Crippen molar-refractivity contribution < 1.29 is 8.42 Å². The SMILES string of the molecule is O=S(=O)(NC1CCCCC1CCl)c1c(Cl)cc(Br)cc1Cl. The molecule has 0 saturated heterocycles. The summed E-state index contributed by atoms with van der Waals surface area (Å²) >= 11 is 21.3. The first-order chi connectivity index (χ1) is 9.85. The highest BCUT2D eigenvalue weighted by Gasteiger charge is 2.31. The number of rotatable bonds is 4. The van der Waals surface area contributed by atoms with Crippen LogP contribution in [0.15, 0.2) is 21.5 Å². The van der Waals surface area contributed by atoms with Crippen molar-refractivity contribution in [1.29, 1.82) is 0 Å². The van der Waals surface area contributed by atoms with Crippen LogP contribution in [0, 0.1) is 5.92 Å². The van der Waals surface area contributed by atoms with Crippen molar-refractivity contribution in [1.82, 2.24) is 4.72 Å². The summed E-state index contributed by atoms with van der Waals surface area (Å²) in [5, 5.41) is 0.195. The fourth-order valence-electron chi connectivity index (χ4n) is 2.59. The molecule has 1 aromatic carbocycles. The van der Waals surface area contributed by atoms with Gasteiger partial charge in [-0.25, -0.2) is 13.1 Å². The molecule has 0 aromatic heterocycles. The molecule has 2 unspecified atom stereocenters. The lowest BCUT2D eigenvalue weighted by molar-refractivity contribution is 0.314. The number of hydrogen-bond acceptors (Lipinski definition) is 2. The number of halogens is 4. The number of hydrogen-bond donors (Lipinski definition) is 1. The lowest BCUT2D eigenvalue weighted by atomic mass is 9.86. The first-order valence-corrected chi connectivity index (χ1v) is 10.1. The minimum Gasteiger partial charge on any atom is -0.208 e. The smallest absolute Gasteiger partial charge is 0.208 e. The van der Waals surface area contributed by atoms with E-state index in [1.54, 1.807) is 0 Å². The van der Waals surface area contributed by atoms with Crippen LogP contribution in [0.2, 0.25) is 10.0 Å². The van der Waals surface area contributed by atoms with Crippen LogP contribution in [-0.2, 0) is 10.0 Å². The topological polar surface area (TPSA) is 46.2 Å². The third-order valence-electron chi connectivity index (χ3n) is 3.65. The minimum atomic E-state index is -3.77. The molecule has 1 aromatic rings. The van der Waals surface area contributed by atoms with Crippen molar-refractivity contribution in [2.75, 3.05) is 5.88 Å². The summed E-state index contributed by atoms with van der Waals surface area (Å²) in [7, 11) is -3.77. The normalized spacial score (nSPS) is 23.2. The first-order valence-electron chi connectivity index (χ1n) is 6.58. The molecule has 1 saturated carbocycles. The van der Waals surface area contributed by atoms with Gasteiger partial charge in [-0.1, -0.05) is 52.0 Å². The molecule has 8 heteroatoms. The van der Waals surface area contributed by atoms with Gasteiger partial charge in [-0.15, -0.1) is 11.6 Å². The molecule has 1 aliphatic rings. The molecule has 1 fully saturated rings. The Balaban J connectivity index is 2.30. The fourth-order valence-corrected chi connectivity index (χ4v) is 6.24. The zero-order chi connectivity index (χ0) is 15.6. The summed E-state index contributed by atoms with van der Waals surface area (Å²) in [5.74, 6) is 0.581. The van der Waals surface area contributed by atoms with Crippen molar-refractivity contribution in [3.05, 3.63) is 26.7 Å². The van der Waals surface area contributed by atoms with E-state index >= 15 is 0 Å². The van der Waals surface area contributed by atoms with Crippen LogP contribution in [0.4, 0.5) is 0 Å². The zero-order valence-corrected chi connectivity index (χ0v) is 15.8. The van der Waals surface area contributed by atoms with Gasteiger partial charge in [-0.2, -0.15) is 0 Å². The molecular formula is C13H15BrCl3NO2S. The second-order valence-corrected chi connectivity index (χ2v) is 8.81. The second-order valence-electron chi connectivity index (χ2n) is 5.13. The van der Waals surface area contributed by atoms with E-state index in [0.29, 0.717) is 10.4 Å². The summed E-state index contributed by atoms with van der Waals surface area (Å²) < 4.78 is 28.5. The van der Waals surface area contributed by atoms with Crippen molar-refractivity contribution in [2.45, 2.75) is 36.6 Å². The Bertz CT molecular complexity index is 601. The molecule has 0 spiro atoms. The Labute approximate surface area is 148 Å². The van der Waals surface area contributed by atoms with Crippen molar-refractivity contribution in [2.24, 2.45) is 5.92 Å². The maximum atomic E-state index is 12.6. The Morgan fingerprint density at radius 2 is 1.76 bits per heavy atom. The Morgan fingerprint density at radius 1 is 1.19 bits per heavy atom. The predicted octanol–water partition coefficient (Wildman–Crippen LogP) is 4.83. The lowest BCUT2D eigenvalue weighted by Gasteiger charge is -2.30. The molecule has 0 bridgehead atoms. The predicted molar refractivity (Wildman–Crippen MR) is 90.9 cm³/mol. The third-order valence-corrected chi connectivity index (χ3v) is 6.91. The monoisotopic (exact) mass is 433 g/mol. The van der Waals surface area contributed by atoms with Gasteiger partial charge in [0, 0.05) is 16.4 Å². The Morgan fingerprint density at radius 3 is 2.33 bits per heavy atom. The van der Waals surface area contributed by atoms with E-state index in [9.17, 15) is 8.42 Å². The van der Waals surface area contributed by atoms with E-state index in [0.717, 1.165) is 25.7 Å². The van der Waals surface area contributed by atoms with Crippen LogP contribution in [0.1, 0.15) is 25.7 Å². The molecule has 118 valence electrons. The molecule has 0 amide bonds. The lowest BCUT2D eigenvalue weighted by Crippen LogP contribution is -2.42. The van der Waals surface area contributed by atoms with Gasteiger partial charge in [-0.3, -0.25) is 0 Å². The first kappa shape index (κ1) is 17.8. The highest BCUT2D eigenvalue weighted by atomic mass is 79.9. The summed E-state index contributed by atoms with van der Waals surface area (Å²) in [6, 6.07) is 2.86. The van der Waals surface area contributed by atoms with E-state index in [1.165, 1.54) is 12.1 Å². The average molecular weight is 436 g/mol. The van der Waals surface area contributed by atoms with Crippen LogP contribution < -0.4 is 4.72 Å². The molecule has 21 heavy (non-hydrogen) atoms. The molecule has 0 radical (unpaired) electrons. The summed E-state index contributed by atoms with van der Waals surface area (Å²) in [6.45, 7) is 0. The third kappa shape index (κ3) is 4.27. The molecule has 2 atom stereocenters. The van der Waals surface area contributed by atoms with Crippen molar-refractivity contribution >= 4 is 60.8 Å². The van der Waals surface area contributed by atoms with Gasteiger partial charge in [0.25, 0.3) is 0 Å². The molecule has 1 aliphatic carbocycles. The minimum absolute atomic E-state index is 0.0760. The number of sulfonamides is 1. The summed E-state index contributed by atoms with van der Waals surface area (Å²) in [5.41, 5.74) is 0. The molecule has 3 nitrogen and oxygen atoms in total. The Hall–Kier alpha value is 0.480. The molecular weight excluding hydrogens is 420 g/mol. The molecule has 2 rings (SSSR count). The standard InChI is InChI=1S/C13H15BrCl3NO2S/c14-9-5-10(16)13(11(17)6-9)21(19,20)18-12-4-2-1-3-8(12)7-15/h5-6,8,12,18H,1-4,7H2. The second kappa shape index (κ2) is 7.37. The largest absolute Gasteiger partial charge is 0.243 e. The van der Waals surface area contributed by atoms with Gasteiger partial charge >= 0.3 is 0 Å². The fraction of sp³-hybridized carbons (Fsp3) is 0.538. The van der Waals surface area contributed by atoms with Crippen LogP contribution in [-0.4, -0.2) is 20.3 Å². The zero-order valence-electron chi connectivity index (χ0n) is 11.1. The van der Waals surface area contributed by atoms with Gasteiger partial charge in [0.1, 0.15) is 4.90 Å². The molecule has 0 aliphatic heterocycles.